The van der Waals surface area contributed by atoms with Crippen molar-refractivity contribution >= 4 is 23.4 Å². The molecule has 1 saturated heterocycles. The monoisotopic (exact) mass is 447 g/mol. The van der Waals surface area contributed by atoms with Crippen molar-refractivity contribution in [2.24, 2.45) is 5.41 Å². The number of Topliss-reactive ketones (excluding diaryl/α,β-unsaturated/α-hetero) is 1. The Morgan fingerprint density at radius 1 is 1.35 bits per heavy atom. The molecule has 1 N–H and O–H groups in total. The highest BCUT2D eigenvalue weighted by Gasteiger charge is 2.44. The van der Waals surface area contributed by atoms with E-state index < -0.39 is 17.7 Å². The lowest BCUT2D eigenvalue weighted by Crippen LogP contribution is -2.39. The van der Waals surface area contributed by atoms with Crippen LogP contribution in [0.3, 0.4) is 0 Å². The summed E-state index contributed by atoms with van der Waals surface area (Å²) in [5, 5.41) is 3.42. The van der Waals surface area contributed by atoms with Crippen molar-refractivity contribution < 1.29 is 23.5 Å². The lowest BCUT2D eigenvalue weighted by atomic mass is 9.68. The molecule has 1 aromatic carbocycles. The lowest BCUT2D eigenvalue weighted by Gasteiger charge is -2.39. The highest BCUT2D eigenvalue weighted by Crippen LogP contribution is 2.48. The van der Waals surface area contributed by atoms with Gasteiger partial charge < -0.3 is 14.8 Å². The van der Waals surface area contributed by atoms with Gasteiger partial charge in [0, 0.05) is 40.6 Å². The quantitative estimate of drug-likeness (QED) is 0.671. The number of carbonyl (C=O) groups excluding carboxylic acids is 2. The minimum atomic E-state index is -0.912. The van der Waals surface area contributed by atoms with E-state index in [1.807, 2.05) is 13.8 Å². The number of hydrogen-bond acceptors (Lipinski definition) is 5. The van der Waals surface area contributed by atoms with Gasteiger partial charge in [0.2, 0.25) is 0 Å². The molecule has 166 valence electrons. The average Bonchev–Trinajstić information content (AvgIpc) is 3.18. The van der Waals surface area contributed by atoms with Crippen molar-refractivity contribution in [1.82, 2.24) is 5.32 Å². The van der Waals surface area contributed by atoms with E-state index in [4.69, 9.17) is 21.1 Å². The molecule has 2 aliphatic heterocycles. The van der Waals surface area contributed by atoms with Crippen molar-refractivity contribution in [3.8, 4) is 0 Å². The zero-order chi connectivity index (χ0) is 22.3. The first-order chi connectivity index (χ1) is 14.7. The third-order valence-corrected chi connectivity index (χ3v) is 6.50. The van der Waals surface area contributed by atoms with Gasteiger partial charge in [0.05, 0.1) is 17.6 Å². The van der Waals surface area contributed by atoms with Crippen LogP contribution < -0.4 is 5.32 Å². The number of ether oxygens (including phenoxy) is 2. The third kappa shape index (κ3) is 4.28. The normalized spacial score (nSPS) is 25.4. The molecule has 0 aromatic heterocycles. The number of dihydropyridines is 1. The molecular weight excluding hydrogens is 421 g/mol. The molecule has 2 heterocycles. The first-order valence-corrected chi connectivity index (χ1v) is 11.0. The molecule has 31 heavy (non-hydrogen) atoms. The Kier molecular flexibility index (Phi) is 5.97. The maximum absolute atomic E-state index is 15.0. The first kappa shape index (κ1) is 22.0. The van der Waals surface area contributed by atoms with E-state index in [9.17, 15) is 9.59 Å². The van der Waals surface area contributed by atoms with Crippen LogP contribution in [0.2, 0.25) is 5.02 Å². The maximum Gasteiger partial charge on any atom is 0.336 e. The molecule has 7 heteroatoms. The Bertz CT molecular complexity index is 971. The van der Waals surface area contributed by atoms with Crippen molar-refractivity contribution in [2.75, 3.05) is 13.2 Å². The maximum atomic E-state index is 15.0. The average molecular weight is 448 g/mol. The van der Waals surface area contributed by atoms with Gasteiger partial charge in [-0.05, 0) is 43.7 Å². The molecule has 0 radical (unpaired) electrons. The number of halogens is 2. The summed E-state index contributed by atoms with van der Waals surface area (Å²) in [7, 11) is 0. The van der Waals surface area contributed by atoms with Crippen molar-refractivity contribution in [3.05, 3.63) is 57.1 Å². The van der Waals surface area contributed by atoms with Gasteiger partial charge in [-0.15, -0.1) is 0 Å². The molecule has 1 aliphatic carbocycles. The summed E-state index contributed by atoms with van der Waals surface area (Å²) in [5.74, 6) is -2.17. The van der Waals surface area contributed by atoms with Crippen LogP contribution in [0.1, 0.15) is 57.9 Å². The Balaban J connectivity index is 1.78. The lowest BCUT2D eigenvalue weighted by molar-refractivity contribution is -0.142. The summed E-state index contributed by atoms with van der Waals surface area (Å²) in [6.45, 7) is 6.57. The molecule has 4 rings (SSSR count). The van der Waals surface area contributed by atoms with Crippen LogP contribution in [0, 0.1) is 11.2 Å². The van der Waals surface area contributed by atoms with E-state index in [2.05, 4.69) is 5.32 Å². The van der Waals surface area contributed by atoms with E-state index in [0.29, 0.717) is 30.7 Å². The Labute approximate surface area is 186 Å². The molecule has 0 spiro atoms. The summed E-state index contributed by atoms with van der Waals surface area (Å²) >= 11 is 6.41. The van der Waals surface area contributed by atoms with Crippen molar-refractivity contribution in [3.63, 3.8) is 0 Å². The predicted octanol–water partition coefficient (Wildman–Crippen LogP) is 4.81. The van der Waals surface area contributed by atoms with Gasteiger partial charge in [-0.2, -0.15) is 0 Å². The number of ketones is 1. The molecule has 1 aromatic rings. The van der Waals surface area contributed by atoms with Crippen LogP contribution in [0.15, 0.2) is 40.7 Å². The van der Waals surface area contributed by atoms with E-state index >= 15 is 4.39 Å². The second-order valence-electron chi connectivity index (χ2n) is 9.30. The smallest absolute Gasteiger partial charge is 0.336 e. The predicted molar refractivity (Wildman–Crippen MR) is 115 cm³/mol. The number of allylic oxidation sites excluding steroid dienone is 3. The summed E-state index contributed by atoms with van der Waals surface area (Å²) < 4.78 is 26.1. The largest absolute Gasteiger partial charge is 0.459 e. The summed E-state index contributed by atoms with van der Waals surface area (Å²) in [4.78, 5) is 26.4. The Morgan fingerprint density at radius 3 is 2.81 bits per heavy atom. The van der Waals surface area contributed by atoms with Crippen molar-refractivity contribution in [1.29, 1.82) is 0 Å². The van der Waals surface area contributed by atoms with Gasteiger partial charge in [-0.1, -0.05) is 31.5 Å². The van der Waals surface area contributed by atoms with Gasteiger partial charge in [-0.25, -0.2) is 9.18 Å². The summed E-state index contributed by atoms with van der Waals surface area (Å²) in [5.41, 5.74) is 1.79. The molecule has 0 unspecified atom stereocenters. The first-order valence-electron chi connectivity index (χ1n) is 10.6. The van der Waals surface area contributed by atoms with Gasteiger partial charge in [-0.3, -0.25) is 4.79 Å². The Morgan fingerprint density at radius 2 is 2.13 bits per heavy atom. The van der Waals surface area contributed by atoms with Crippen LogP contribution in [-0.2, 0) is 19.1 Å². The van der Waals surface area contributed by atoms with E-state index in [1.54, 1.807) is 13.0 Å². The van der Waals surface area contributed by atoms with Crippen LogP contribution >= 0.6 is 11.6 Å². The zero-order valence-electron chi connectivity index (χ0n) is 18.0. The summed E-state index contributed by atoms with van der Waals surface area (Å²) in [6, 6.07) is 4.38. The second-order valence-corrected chi connectivity index (χ2v) is 9.71. The van der Waals surface area contributed by atoms with Crippen LogP contribution in [0.5, 0.6) is 0 Å². The highest BCUT2D eigenvalue weighted by atomic mass is 35.5. The fourth-order valence-corrected chi connectivity index (χ4v) is 5.08. The van der Waals surface area contributed by atoms with Crippen LogP contribution in [0.4, 0.5) is 4.39 Å². The molecule has 1 fully saturated rings. The van der Waals surface area contributed by atoms with Crippen LogP contribution in [-0.4, -0.2) is 31.1 Å². The summed E-state index contributed by atoms with van der Waals surface area (Å²) in [6.07, 6.45) is 2.55. The minimum Gasteiger partial charge on any atom is -0.459 e. The van der Waals surface area contributed by atoms with E-state index in [-0.39, 0.29) is 40.1 Å². The molecule has 3 aliphatic rings. The fraction of sp³-hybridized carbons (Fsp3) is 0.500. The molecule has 0 bridgehead atoms. The van der Waals surface area contributed by atoms with E-state index in [0.717, 1.165) is 18.5 Å². The highest BCUT2D eigenvalue weighted by molar-refractivity contribution is 6.31. The molecule has 0 amide bonds. The van der Waals surface area contributed by atoms with Gasteiger partial charge in [0.1, 0.15) is 12.4 Å². The second kappa shape index (κ2) is 8.40. The fourth-order valence-electron chi connectivity index (χ4n) is 4.80. The number of hydrogen-bond donors (Lipinski definition) is 1. The molecule has 2 atom stereocenters. The SMILES string of the molecule is CC1=C(C(=O)OC[C@@H]2CCCO2)[C@@H](c2c(F)cccc2Cl)C2=C(CC(C)(C)CC2=O)N1. The van der Waals surface area contributed by atoms with Crippen molar-refractivity contribution in [2.45, 2.75) is 58.5 Å². The number of rotatable bonds is 4. The molecule has 5 nitrogen and oxygen atoms in total. The minimum absolute atomic E-state index is 0.111. The molecular formula is C24H27ClFNO4. The zero-order valence-corrected chi connectivity index (χ0v) is 18.8. The van der Waals surface area contributed by atoms with Gasteiger partial charge >= 0.3 is 5.97 Å². The third-order valence-electron chi connectivity index (χ3n) is 6.17. The van der Waals surface area contributed by atoms with Gasteiger partial charge in [0.15, 0.2) is 5.78 Å². The van der Waals surface area contributed by atoms with Crippen LogP contribution in [0.25, 0.3) is 0 Å². The number of benzene rings is 1. The van der Waals surface area contributed by atoms with E-state index in [1.165, 1.54) is 12.1 Å². The Hall–Kier alpha value is -2.18. The standard InChI is InChI=1S/C24H27ClFNO4/c1-13-19(23(29)31-12-14-6-5-9-30-14)22(20-15(25)7-4-8-16(20)26)21-17(27-13)10-24(2,3)11-18(21)28/h4,7-8,14,22,27H,5-6,9-12H2,1-3H3/t14-,22-/m0/s1. The van der Waals surface area contributed by atoms with Gasteiger partial charge in [0.25, 0.3) is 0 Å². The topological polar surface area (TPSA) is 64.6 Å². The molecule has 0 saturated carbocycles. The number of nitrogens with one attached hydrogen (secondary N) is 1. The number of carbonyl (C=O) groups is 2. The number of esters is 1.